The van der Waals surface area contributed by atoms with Crippen LogP contribution in [-0.4, -0.2) is 34.6 Å². The fraction of sp³-hybridized carbons (Fsp3) is 0.778. The molecule has 0 radical (unpaired) electrons. The molecule has 0 aromatic rings. The van der Waals surface area contributed by atoms with E-state index < -0.39 is 12.0 Å². The lowest BCUT2D eigenvalue weighted by molar-refractivity contribution is -0.143. The van der Waals surface area contributed by atoms with E-state index in [9.17, 15) is 4.79 Å². The fourth-order valence-corrected chi connectivity index (χ4v) is 1.22. The highest BCUT2D eigenvalue weighted by Gasteiger charge is 2.22. The molecule has 0 aliphatic carbocycles. The molecule has 13 heavy (non-hydrogen) atoms. The Balaban J connectivity index is 4.25. The van der Waals surface area contributed by atoms with E-state index in [1.807, 2.05) is 19.9 Å². The van der Waals surface area contributed by atoms with Crippen molar-refractivity contribution in [1.82, 2.24) is 4.90 Å². The minimum absolute atomic E-state index is 0.152. The molecule has 0 rings (SSSR count). The molecule has 0 spiro atoms. The molecular weight excluding hydrogens is 168 g/mol. The van der Waals surface area contributed by atoms with Crippen molar-refractivity contribution in [2.24, 2.45) is 0 Å². The van der Waals surface area contributed by atoms with Gasteiger partial charge in [-0.25, -0.2) is 0 Å². The monoisotopic (exact) mass is 184 g/mol. The molecule has 1 unspecified atom stereocenters. The summed E-state index contributed by atoms with van der Waals surface area (Å²) in [6.45, 7) is 6.01. The Morgan fingerprint density at radius 1 is 1.54 bits per heavy atom. The van der Waals surface area contributed by atoms with Gasteiger partial charge in [-0.2, -0.15) is 5.26 Å². The van der Waals surface area contributed by atoms with Gasteiger partial charge in [0.05, 0.1) is 6.07 Å². The first-order valence-electron chi connectivity index (χ1n) is 4.36. The summed E-state index contributed by atoms with van der Waals surface area (Å²) >= 11 is 0. The van der Waals surface area contributed by atoms with E-state index in [1.165, 1.54) is 0 Å². The third-order valence-electron chi connectivity index (χ3n) is 2.00. The van der Waals surface area contributed by atoms with Crippen molar-refractivity contribution in [3.63, 3.8) is 0 Å². The number of rotatable bonds is 5. The third kappa shape index (κ3) is 3.90. The van der Waals surface area contributed by atoms with Gasteiger partial charge in [-0.15, -0.1) is 0 Å². The summed E-state index contributed by atoms with van der Waals surface area (Å²) in [6, 6.07) is 1.64. The number of carboxylic acids is 1. The van der Waals surface area contributed by atoms with Crippen molar-refractivity contribution in [1.29, 1.82) is 5.26 Å². The minimum atomic E-state index is -0.841. The topological polar surface area (TPSA) is 64.3 Å². The summed E-state index contributed by atoms with van der Waals surface area (Å²) in [5.74, 6) is -0.841. The fourth-order valence-electron chi connectivity index (χ4n) is 1.22. The zero-order valence-electron chi connectivity index (χ0n) is 8.32. The van der Waals surface area contributed by atoms with Gasteiger partial charge in [-0.3, -0.25) is 9.69 Å². The first-order chi connectivity index (χ1) is 6.00. The van der Waals surface area contributed by atoms with Gasteiger partial charge in [0.1, 0.15) is 6.04 Å². The third-order valence-corrected chi connectivity index (χ3v) is 2.00. The Labute approximate surface area is 78.8 Å². The van der Waals surface area contributed by atoms with Crippen LogP contribution in [0.2, 0.25) is 0 Å². The average Bonchev–Trinajstić information content (AvgIpc) is 2.04. The quantitative estimate of drug-likeness (QED) is 0.694. The predicted molar refractivity (Wildman–Crippen MR) is 49.2 cm³/mol. The Kier molecular flexibility index (Phi) is 5.09. The van der Waals surface area contributed by atoms with Crippen LogP contribution in [0.1, 0.15) is 27.2 Å². The zero-order valence-corrected chi connectivity index (χ0v) is 8.32. The summed E-state index contributed by atoms with van der Waals surface area (Å²) in [5.41, 5.74) is 0. The molecule has 0 fully saturated rings. The highest BCUT2D eigenvalue weighted by Crippen LogP contribution is 2.06. The number of hydrogen-bond donors (Lipinski definition) is 1. The maximum absolute atomic E-state index is 10.7. The molecule has 4 nitrogen and oxygen atoms in total. The van der Waals surface area contributed by atoms with Crippen LogP contribution < -0.4 is 0 Å². The first-order valence-corrected chi connectivity index (χ1v) is 4.36. The van der Waals surface area contributed by atoms with Gasteiger partial charge in [0.2, 0.25) is 0 Å². The molecule has 1 N–H and O–H groups in total. The Bertz CT molecular complexity index is 208. The van der Waals surface area contributed by atoms with Crippen molar-refractivity contribution in [2.75, 3.05) is 6.54 Å². The first kappa shape index (κ1) is 11.9. The highest BCUT2D eigenvalue weighted by atomic mass is 16.4. The van der Waals surface area contributed by atoms with E-state index in [4.69, 9.17) is 10.4 Å². The summed E-state index contributed by atoms with van der Waals surface area (Å²) in [4.78, 5) is 12.5. The molecule has 0 aliphatic heterocycles. The van der Waals surface area contributed by atoms with Crippen LogP contribution in [0.5, 0.6) is 0 Å². The van der Waals surface area contributed by atoms with Crippen LogP contribution in [0, 0.1) is 11.3 Å². The van der Waals surface area contributed by atoms with Gasteiger partial charge in [0, 0.05) is 19.0 Å². The van der Waals surface area contributed by atoms with Crippen LogP contribution in [0.25, 0.3) is 0 Å². The van der Waals surface area contributed by atoms with Crippen LogP contribution >= 0.6 is 0 Å². The van der Waals surface area contributed by atoms with Gasteiger partial charge < -0.3 is 5.11 Å². The molecule has 0 amide bonds. The van der Waals surface area contributed by atoms with Crippen LogP contribution in [0.4, 0.5) is 0 Å². The van der Waals surface area contributed by atoms with E-state index in [-0.39, 0.29) is 6.04 Å². The van der Waals surface area contributed by atoms with E-state index in [1.54, 1.807) is 11.8 Å². The van der Waals surface area contributed by atoms with Crippen molar-refractivity contribution >= 4 is 5.97 Å². The standard InChI is InChI=1S/C9H16N2O2/c1-7(2)11(6-4-5-10)8(3)9(12)13/h7-8H,4,6H2,1-3H3,(H,12,13). The summed E-state index contributed by atoms with van der Waals surface area (Å²) in [7, 11) is 0. The van der Waals surface area contributed by atoms with Gasteiger partial charge >= 0.3 is 5.97 Å². The van der Waals surface area contributed by atoms with Crippen molar-refractivity contribution in [3.05, 3.63) is 0 Å². The maximum Gasteiger partial charge on any atom is 0.320 e. The van der Waals surface area contributed by atoms with Gasteiger partial charge in [0.25, 0.3) is 0 Å². The van der Waals surface area contributed by atoms with E-state index >= 15 is 0 Å². The van der Waals surface area contributed by atoms with Gasteiger partial charge in [-0.1, -0.05) is 0 Å². The normalized spacial score (nSPS) is 12.9. The number of nitrogens with zero attached hydrogens (tertiary/aromatic N) is 2. The lowest BCUT2D eigenvalue weighted by atomic mass is 10.2. The number of carboxylic acid groups (broad SMARTS) is 1. The summed E-state index contributed by atoms with van der Waals surface area (Å²) < 4.78 is 0. The molecule has 1 atom stereocenters. The second-order valence-corrected chi connectivity index (χ2v) is 3.25. The Morgan fingerprint density at radius 3 is 2.38 bits per heavy atom. The van der Waals surface area contributed by atoms with Gasteiger partial charge in [0.15, 0.2) is 0 Å². The highest BCUT2D eigenvalue weighted by molar-refractivity contribution is 5.72. The molecule has 0 aromatic carbocycles. The van der Waals surface area contributed by atoms with Crippen LogP contribution in [0.15, 0.2) is 0 Å². The second-order valence-electron chi connectivity index (χ2n) is 3.25. The number of nitriles is 1. The zero-order chi connectivity index (χ0) is 10.4. The Hall–Kier alpha value is -1.08. The molecule has 4 heteroatoms. The molecule has 74 valence electrons. The SMILES string of the molecule is CC(C)N(CCC#N)C(C)C(=O)O. The van der Waals surface area contributed by atoms with E-state index in [2.05, 4.69) is 0 Å². The summed E-state index contributed by atoms with van der Waals surface area (Å²) in [6.07, 6.45) is 0.371. The number of aliphatic carboxylic acids is 1. The van der Waals surface area contributed by atoms with Crippen molar-refractivity contribution in [2.45, 2.75) is 39.3 Å². The lowest BCUT2D eigenvalue weighted by Crippen LogP contribution is -2.43. The molecule has 0 saturated carbocycles. The number of carbonyl (C=O) groups is 1. The van der Waals surface area contributed by atoms with Gasteiger partial charge in [-0.05, 0) is 20.8 Å². The largest absolute Gasteiger partial charge is 0.480 e. The summed E-state index contributed by atoms with van der Waals surface area (Å²) in [5, 5.41) is 17.2. The smallest absolute Gasteiger partial charge is 0.320 e. The molecule has 0 heterocycles. The van der Waals surface area contributed by atoms with E-state index in [0.29, 0.717) is 13.0 Å². The lowest BCUT2D eigenvalue weighted by Gasteiger charge is -2.29. The maximum atomic E-state index is 10.7. The number of hydrogen-bond acceptors (Lipinski definition) is 3. The molecular formula is C9H16N2O2. The second kappa shape index (κ2) is 5.55. The molecule has 0 aliphatic rings. The minimum Gasteiger partial charge on any atom is -0.480 e. The van der Waals surface area contributed by atoms with E-state index in [0.717, 1.165) is 0 Å². The predicted octanol–water partition coefficient (Wildman–Crippen LogP) is 1.08. The molecule has 0 aromatic heterocycles. The van der Waals surface area contributed by atoms with Crippen molar-refractivity contribution in [3.8, 4) is 6.07 Å². The van der Waals surface area contributed by atoms with Crippen molar-refractivity contribution < 1.29 is 9.90 Å². The Morgan fingerprint density at radius 2 is 2.08 bits per heavy atom. The molecule has 0 bridgehead atoms. The molecule has 0 saturated heterocycles. The van der Waals surface area contributed by atoms with Crippen LogP contribution in [0.3, 0.4) is 0 Å². The van der Waals surface area contributed by atoms with Crippen LogP contribution in [-0.2, 0) is 4.79 Å². The average molecular weight is 184 g/mol.